The minimum Gasteiger partial charge on any atom is -0.452 e. The maximum Gasteiger partial charge on any atom is 0.338 e. The smallest absolute Gasteiger partial charge is 0.338 e. The molecule has 2 aromatic rings. The first kappa shape index (κ1) is 21.6. The summed E-state index contributed by atoms with van der Waals surface area (Å²) in [6.07, 6.45) is 3.39. The molecule has 0 unspecified atom stereocenters. The van der Waals surface area contributed by atoms with E-state index in [1.807, 2.05) is 0 Å². The topological polar surface area (TPSA) is 84.0 Å². The molecule has 1 fully saturated rings. The van der Waals surface area contributed by atoms with E-state index in [0.29, 0.717) is 18.8 Å². The molecule has 0 N–H and O–H groups in total. The molecule has 0 aliphatic carbocycles. The zero-order valence-electron chi connectivity index (χ0n) is 16.6. The average Bonchev–Trinajstić information content (AvgIpc) is 3.31. The lowest BCUT2D eigenvalue weighted by atomic mass is 10.2. The largest absolute Gasteiger partial charge is 0.452 e. The van der Waals surface area contributed by atoms with E-state index in [-0.39, 0.29) is 29.5 Å². The van der Waals surface area contributed by atoms with Crippen LogP contribution in [0.3, 0.4) is 0 Å². The molecule has 0 spiro atoms. The highest BCUT2D eigenvalue weighted by atomic mass is 32.2. The van der Waals surface area contributed by atoms with Gasteiger partial charge in [-0.2, -0.15) is 0 Å². The minimum atomic E-state index is -3.94. The van der Waals surface area contributed by atoms with Gasteiger partial charge in [-0.1, -0.05) is 30.3 Å². The number of hydrogen-bond acceptors (Lipinski definition) is 5. The van der Waals surface area contributed by atoms with Gasteiger partial charge >= 0.3 is 5.97 Å². The molecule has 0 saturated carbocycles. The van der Waals surface area contributed by atoms with Crippen LogP contribution in [0.5, 0.6) is 0 Å². The van der Waals surface area contributed by atoms with Crippen LogP contribution >= 0.6 is 0 Å². The number of benzene rings is 2. The van der Waals surface area contributed by atoms with Gasteiger partial charge in [-0.3, -0.25) is 9.10 Å². The van der Waals surface area contributed by atoms with Gasteiger partial charge in [-0.25, -0.2) is 13.2 Å². The summed E-state index contributed by atoms with van der Waals surface area (Å²) >= 11 is 0. The third-order valence-corrected chi connectivity index (χ3v) is 6.57. The summed E-state index contributed by atoms with van der Waals surface area (Å²) in [6.45, 7) is 4.69. The number of para-hydroxylation sites is 1. The second-order valence-electron chi connectivity index (χ2n) is 6.85. The van der Waals surface area contributed by atoms with E-state index in [1.165, 1.54) is 34.6 Å². The maximum atomic E-state index is 13.2. The SMILES string of the molecule is C=CCN(c1ccccc1)S(=O)(=O)c1cccc(C(=O)OCC(=O)N2CCCC2)c1. The van der Waals surface area contributed by atoms with Crippen molar-refractivity contribution in [3.05, 3.63) is 72.8 Å². The molecule has 8 heteroatoms. The quantitative estimate of drug-likeness (QED) is 0.477. The highest BCUT2D eigenvalue weighted by molar-refractivity contribution is 7.92. The Hall–Kier alpha value is -3.13. The molecule has 1 aliphatic rings. The molecular formula is C22H24N2O5S. The summed E-state index contributed by atoms with van der Waals surface area (Å²) in [6, 6.07) is 14.3. The number of ether oxygens (including phenoxy) is 1. The lowest BCUT2D eigenvalue weighted by molar-refractivity contribution is -0.133. The summed E-state index contributed by atoms with van der Waals surface area (Å²) in [7, 11) is -3.94. The van der Waals surface area contributed by atoms with Crippen molar-refractivity contribution in [1.82, 2.24) is 4.90 Å². The number of rotatable bonds is 8. The zero-order chi connectivity index (χ0) is 21.6. The van der Waals surface area contributed by atoms with Gasteiger partial charge in [0.1, 0.15) is 0 Å². The summed E-state index contributed by atoms with van der Waals surface area (Å²) < 4.78 is 32.7. The van der Waals surface area contributed by atoms with Gasteiger partial charge in [0.15, 0.2) is 6.61 Å². The second kappa shape index (κ2) is 9.58. The van der Waals surface area contributed by atoms with Crippen molar-refractivity contribution >= 4 is 27.6 Å². The molecule has 1 heterocycles. The molecule has 1 amide bonds. The summed E-state index contributed by atoms with van der Waals surface area (Å²) in [4.78, 5) is 26.1. The second-order valence-corrected chi connectivity index (χ2v) is 8.71. The molecule has 158 valence electrons. The van der Waals surface area contributed by atoms with Crippen LogP contribution in [0.25, 0.3) is 0 Å². The molecule has 1 saturated heterocycles. The van der Waals surface area contributed by atoms with Crippen molar-refractivity contribution in [3.63, 3.8) is 0 Å². The maximum absolute atomic E-state index is 13.2. The van der Waals surface area contributed by atoms with Crippen molar-refractivity contribution in [2.24, 2.45) is 0 Å². The molecule has 0 atom stereocenters. The molecule has 0 bridgehead atoms. The third kappa shape index (κ3) is 4.88. The third-order valence-electron chi connectivity index (χ3n) is 4.78. The molecular weight excluding hydrogens is 404 g/mol. The number of carbonyl (C=O) groups is 2. The Morgan fingerprint density at radius 3 is 2.43 bits per heavy atom. The fraction of sp³-hybridized carbons (Fsp3) is 0.273. The van der Waals surface area contributed by atoms with Gasteiger partial charge in [0, 0.05) is 13.1 Å². The lowest BCUT2D eigenvalue weighted by Crippen LogP contribution is -2.32. The van der Waals surface area contributed by atoms with Gasteiger partial charge in [0.05, 0.1) is 22.7 Å². The molecule has 3 rings (SSSR count). The summed E-state index contributed by atoms with van der Waals surface area (Å²) in [5.41, 5.74) is 0.554. The number of anilines is 1. The van der Waals surface area contributed by atoms with E-state index in [4.69, 9.17) is 4.74 Å². The van der Waals surface area contributed by atoms with Crippen LogP contribution in [0.1, 0.15) is 23.2 Å². The molecule has 7 nitrogen and oxygen atoms in total. The van der Waals surface area contributed by atoms with Gasteiger partial charge in [-0.05, 0) is 43.2 Å². The van der Waals surface area contributed by atoms with E-state index in [0.717, 1.165) is 12.8 Å². The van der Waals surface area contributed by atoms with E-state index < -0.39 is 16.0 Å². The monoisotopic (exact) mass is 428 g/mol. The predicted molar refractivity (Wildman–Crippen MR) is 114 cm³/mol. The van der Waals surface area contributed by atoms with E-state index in [1.54, 1.807) is 35.2 Å². The number of hydrogen-bond donors (Lipinski definition) is 0. The van der Waals surface area contributed by atoms with Crippen LogP contribution in [-0.4, -0.2) is 51.4 Å². The highest BCUT2D eigenvalue weighted by Crippen LogP contribution is 2.24. The molecule has 0 radical (unpaired) electrons. The van der Waals surface area contributed by atoms with Crippen molar-refractivity contribution < 1.29 is 22.7 Å². The fourth-order valence-corrected chi connectivity index (χ4v) is 4.71. The Bertz CT molecular complexity index is 1010. The van der Waals surface area contributed by atoms with Crippen LogP contribution in [-0.2, 0) is 19.6 Å². The van der Waals surface area contributed by atoms with Crippen molar-refractivity contribution in [2.45, 2.75) is 17.7 Å². The Kier molecular flexibility index (Phi) is 6.89. The fourth-order valence-electron chi connectivity index (χ4n) is 3.23. The Labute approximate surface area is 176 Å². The number of likely N-dealkylation sites (tertiary alicyclic amines) is 1. The first-order chi connectivity index (χ1) is 14.4. The standard InChI is InChI=1S/C22H24N2O5S/c1-2-13-24(19-10-4-3-5-11-19)30(27,28)20-12-8-9-18(16-20)22(26)29-17-21(25)23-14-6-7-15-23/h2-5,8-12,16H,1,6-7,13-15,17H2. The Morgan fingerprint density at radius 2 is 1.77 bits per heavy atom. The van der Waals surface area contributed by atoms with Gasteiger partial charge in [-0.15, -0.1) is 6.58 Å². The van der Waals surface area contributed by atoms with E-state index in [9.17, 15) is 18.0 Å². The number of carbonyl (C=O) groups excluding carboxylic acids is 2. The number of esters is 1. The van der Waals surface area contributed by atoms with Crippen LogP contribution in [0, 0.1) is 0 Å². The Balaban J connectivity index is 1.78. The summed E-state index contributed by atoms with van der Waals surface area (Å²) in [5.74, 6) is -0.986. The number of amides is 1. The van der Waals surface area contributed by atoms with Crippen LogP contribution in [0.2, 0.25) is 0 Å². The lowest BCUT2D eigenvalue weighted by Gasteiger charge is -2.23. The van der Waals surface area contributed by atoms with Crippen molar-refractivity contribution in [3.8, 4) is 0 Å². The van der Waals surface area contributed by atoms with Crippen LogP contribution in [0.15, 0.2) is 72.1 Å². The minimum absolute atomic E-state index is 0.0477. The van der Waals surface area contributed by atoms with E-state index in [2.05, 4.69) is 6.58 Å². The van der Waals surface area contributed by atoms with Crippen LogP contribution < -0.4 is 4.31 Å². The van der Waals surface area contributed by atoms with Gasteiger partial charge in [0.25, 0.3) is 15.9 Å². The van der Waals surface area contributed by atoms with Gasteiger partial charge in [0.2, 0.25) is 0 Å². The number of sulfonamides is 1. The Morgan fingerprint density at radius 1 is 1.07 bits per heavy atom. The highest BCUT2D eigenvalue weighted by Gasteiger charge is 2.25. The first-order valence-corrected chi connectivity index (χ1v) is 11.1. The van der Waals surface area contributed by atoms with E-state index >= 15 is 0 Å². The average molecular weight is 429 g/mol. The van der Waals surface area contributed by atoms with Gasteiger partial charge < -0.3 is 9.64 Å². The van der Waals surface area contributed by atoms with Crippen LogP contribution in [0.4, 0.5) is 5.69 Å². The molecule has 0 aromatic heterocycles. The predicted octanol–water partition coefficient (Wildman–Crippen LogP) is 2.85. The summed E-state index contributed by atoms with van der Waals surface area (Å²) in [5, 5.41) is 0. The van der Waals surface area contributed by atoms with Crippen molar-refractivity contribution in [2.75, 3.05) is 30.5 Å². The molecule has 30 heavy (non-hydrogen) atoms. The molecule has 2 aromatic carbocycles. The molecule has 1 aliphatic heterocycles. The normalized spacial score (nSPS) is 13.7. The zero-order valence-corrected chi connectivity index (χ0v) is 17.4. The first-order valence-electron chi connectivity index (χ1n) is 9.67. The number of nitrogens with zero attached hydrogens (tertiary/aromatic N) is 2. The van der Waals surface area contributed by atoms with Crippen molar-refractivity contribution in [1.29, 1.82) is 0 Å².